The van der Waals surface area contributed by atoms with Gasteiger partial charge in [-0.05, 0) is 18.2 Å². The third kappa shape index (κ3) is 1.68. The van der Waals surface area contributed by atoms with Crippen LogP contribution in [0.3, 0.4) is 0 Å². The molecule has 1 aromatic carbocycles. The summed E-state index contributed by atoms with van der Waals surface area (Å²) in [7, 11) is 0. The summed E-state index contributed by atoms with van der Waals surface area (Å²) < 4.78 is 0. The molecule has 0 bridgehead atoms. The van der Waals surface area contributed by atoms with E-state index >= 15 is 0 Å². The van der Waals surface area contributed by atoms with E-state index in [9.17, 15) is 14.4 Å². The Kier molecular flexibility index (Phi) is 2.38. The highest BCUT2D eigenvalue weighted by Crippen LogP contribution is 2.22. The predicted molar refractivity (Wildman–Crippen MR) is 60.9 cm³/mol. The van der Waals surface area contributed by atoms with Crippen LogP contribution in [0.5, 0.6) is 0 Å². The predicted octanol–water partition coefficient (Wildman–Crippen LogP) is 0.778. The number of carbonyl (C=O) groups excluding carboxylic acids is 3. The summed E-state index contributed by atoms with van der Waals surface area (Å²) in [6.45, 7) is 0. The van der Waals surface area contributed by atoms with Crippen molar-refractivity contribution < 1.29 is 19.2 Å². The molecule has 0 saturated carbocycles. The van der Waals surface area contributed by atoms with Crippen molar-refractivity contribution in [2.75, 3.05) is 0 Å². The van der Waals surface area contributed by atoms with Crippen LogP contribution in [0.1, 0.15) is 31.2 Å². The first-order valence-electron chi connectivity index (χ1n) is 5.38. The number of hydroxylamine groups is 2. The molecule has 2 heterocycles. The van der Waals surface area contributed by atoms with Gasteiger partial charge in [0.05, 0.1) is 11.1 Å². The van der Waals surface area contributed by atoms with E-state index in [0.717, 1.165) is 0 Å². The third-order valence-corrected chi connectivity index (χ3v) is 2.65. The van der Waals surface area contributed by atoms with Crippen molar-refractivity contribution in [1.29, 1.82) is 0 Å². The molecule has 19 heavy (non-hydrogen) atoms. The van der Waals surface area contributed by atoms with Crippen molar-refractivity contribution in [3.63, 3.8) is 0 Å². The number of aromatic amines is 1. The molecule has 2 amide bonds. The van der Waals surface area contributed by atoms with E-state index in [4.69, 9.17) is 4.84 Å². The van der Waals surface area contributed by atoms with Gasteiger partial charge in [-0.15, -0.1) is 0 Å². The second kappa shape index (κ2) is 4.05. The van der Waals surface area contributed by atoms with Crippen LogP contribution in [-0.2, 0) is 4.84 Å². The van der Waals surface area contributed by atoms with Gasteiger partial charge in [0, 0.05) is 6.20 Å². The number of hydrogen-bond acceptors (Lipinski definition) is 5. The van der Waals surface area contributed by atoms with Crippen LogP contribution >= 0.6 is 0 Å². The average molecular weight is 257 g/mol. The maximum atomic E-state index is 11.9. The highest BCUT2D eigenvalue weighted by atomic mass is 16.7. The fourth-order valence-electron chi connectivity index (χ4n) is 1.75. The first kappa shape index (κ1) is 11.1. The second-order valence-electron chi connectivity index (χ2n) is 3.80. The molecule has 0 saturated heterocycles. The van der Waals surface area contributed by atoms with Crippen LogP contribution in [-0.4, -0.2) is 33.0 Å². The fraction of sp³-hybridized carbons (Fsp3) is 0. The number of benzene rings is 1. The summed E-state index contributed by atoms with van der Waals surface area (Å²) in [5.74, 6) is -2.17. The number of rotatable bonds is 2. The number of amides is 2. The number of carbonyl (C=O) groups is 3. The van der Waals surface area contributed by atoms with E-state index in [2.05, 4.69) is 10.2 Å². The molecule has 0 fully saturated rings. The van der Waals surface area contributed by atoms with Gasteiger partial charge in [-0.25, -0.2) is 4.79 Å². The van der Waals surface area contributed by atoms with Crippen LogP contribution in [0.15, 0.2) is 36.5 Å². The van der Waals surface area contributed by atoms with Crippen LogP contribution < -0.4 is 0 Å². The Bertz CT molecular complexity index is 643. The molecule has 3 rings (SSSR count). The Balaban J connectivity index is 1.87. The Morgan fingerprint density at radius 2 is 1.74 bits per heavy atom. The van der Waals surface area contributed by atoms with E-state index in [0.29, 0.717) is 5.06 Å². The van der Waals surface area contributed by atoms with Gasteiger partial charge in [0.25, 0.3) is 11.8 Å². The molecule has 94 valence electrons. The van der Waals surface area contributed by atoms with Gasteiger partial charge in [-0.2, -0.15) is 5.10 Å². The van der Waals surface area contributed by atoms with Gasteiger partial charge in [0.15, 0.2) is 0 Å². The van der Waals surface area contributed by atoms with Gasteiger partial charge in [0.2, 0.25) is 0 Å². The number of imide groups is 1. The van der Waals surface area contributed by atoms with Crippen LogP contribution in [0.2, 0.25) is 0 Å². The first-order chi connectivity index (χ1) is 9.18. The standard InChI is InChI=1S/C12H7N3O4/c16-10-7-3-1-2-4-8(7)11(17)15(10)19-12(18)9-5-6-13-14-9/h1-6H,(H,13,14). The normalized spacial score (nSPS) is 13.6. The molecular formula is C12H7N3O4. The maximum absolute atomic E-state index is 11.9. The Labute approximate surface area is 106 Å². The number of fused-ring (bicyclic) bond motifs is 1. The Hall–Kier alpha value is -2.96. The molecule has 0 radical (unpaired) electrons. The zero-order chi connectivity index (χ0) is 13.4. The van der Waals surface area contributed by atoms with Crippen LogP contribution in [0.4, 0.5) is 0 Å². The van der Waals surface area contributed by atoms with Crippen molar-refractivity contribution in [3.05, 3.63) is 53.3 Å². The molecule has 0 atom stereocenters. The average Bonchev–Trinajstić information content (AvgIpc) is 3.03. The zero-order valence-electron chi connectivity index (χ0n) is 9.49. The van der Waals surface area contributed by atoms with Crippen molar-refractivity contribution in [2.45, 2.75) is 0 Å². The number of hydrogen-bond donors (Lipinski definition) is 1. The number of aromatic nitrogens is 2. The smallest absolute Gasteiger partial charge is 0.323 e. The molecule has 0 spiro atoms. The lowest BCUT2D eigenvalue weighted by Gasteiger charge is -2.11. The van der Waals surface area contributed by atoms with Gasteiger partial charge >= 0.3 is 5.97 Å². The molecule has 7 heteroatoms. The minimum Gasteiger partial charge on any atom is -0.323 e. The monoisotopic (exact) mass is 257 g/mol. The largest absolute Gasteiger partial charge is 0.381 e. The first-order valence-corrected chi connectivity index (χ1v) is 5.38. The molecule has 1 aromatic heterocycles. The number of nitrogens with one attached hydrogen (secondary N) is 1. The zero-order valence-corrected chi connectivity index (χ0v) is 9.49. The summed E-state index contributed by atoms with van der Waals surface area (Å²) in [6, 6.07) is 7.63. The van der Waals surface area contributed by atoms with E-state index in [1.807, 2.05) is 0 Å². The van der Waals surface area contributed by atoms with Gasteiger partial charge < -0.3 is 4.84 Å². The minimum atomic E-state index is -0.855. The lowest BCUT2D eigenvalue weighted by atomic mass is 10.1. The fourth-order valence-corrected chi connectivity index (χ4v) is 1.75. The summed E-state index contributed by atoms with van der Waals surface area (Å²) in [6.07, 6.45) is 1.36. The Morgan fingerprint density at radius 1 is 1.11 bits per heavy atom. The molecule has 0 unspecified atom stereocenters. The van der Waals surface area contributed by atoms with Gasteiger partial charge in [-0.1, -0.05) is 17.2 Å². The van der Waals surface area contributed by atoms with E-state index < -0.39 is 17.8 Å². The topological polar surface area (TPSA) is 92.4 Å². The summed E-state index contributed by atoms with van der Waals surface area (Å²) in [4.78, 5) is 40.3. The maximum Gasteiger partial charge on any atom is 0.381 e. The minimum absolute atomic E-state index is 0.0524. The lowest BCUT2D eigenvalue weighted by Crippen LogP contribution is -2.32. The van der Waals surface area contributed by atoms with Gasteiger partial charge in [-0.3, -0.25) is 14.7 Å². The third-order valence-electron chi connectivity index (χ3n) is 2.65. The number of H-pyrrole nitrogens is 1. The molecular weight excluding hydrogens is 250 g/mol. The molecule has 1 aliphatic rings. The second-order valence-corrected chi connectivity index (χ2v) is 3.80. The lowest BCUT2D eigenvalue weighted by molar-refractivity contribution is -0.0588. The van der Waals surface area contributed by atoms with E-state index in [1.165, 1.54) is 24.4 Å². The highest BCUT2D eigenvalue weighted by molar-refractivity contribution is 6.21. The van der Waals surface area contributed by atoms with E-state index in [-0.39, 0.29) is 16.8 Å². The summed E-state index contributed by atoms with van der Waals surface area (Å²) in [5, 5.41) is 6.42. The highest BCUT2D eigenvalue weighted by Gasteiger charge is 2.38. The van der Waals surface area contributed by atoms with Gasteiger partial charge in [0.1, 0.15) is 5.69 Å². The SMILES string of the molecule is O=C(ON1C(=O)c2ccccc2C1=O)c1ccn[nH]1. The Morgan fingerprint density at radius 3 is 2.26 bits per heavy atom. The van der Waals surface area contributed by atoms with Crippen molar-refractivity contribution in [1.82, 2.24) is 15.3 Å². The van der Waals surface area contributed by atoms with Crippen LogP contribution in [0, 0.1) is 0 Å². The molecule has 7 nitrogen and oxygen atoms in total. The summed E-state index contributed by atoms with van der Waals surface area (Å²) >= 11 is 0. The molecule has 2 aromatic rings. The van der Waals surface area contributed by atoms with Crippen molar-refractivity contribution >= 4 is 17.8 Å². The molecule has 0 aliphatic carbocycles. The van der Waals surface area contributed by atoms with Crippen molar-refractivity contribution in [3.8, 4) is 0 Å². The van der Waals surface area contributed by atoms with E-state index in [1.54, 1.807) is 12.1 Å². The molecule has 1 aliphatic heterocycles. The number of nitrogens with zero attached hydrogens (tertiary/aromatic N) is 2. The quantitative estimate of drug-likeness (QED) is 0.802. The summed E-state index contributed by atoms with van der Waals surface area (Å²) in [5.41, 5.74) is 0.478. The molecule has 1 N–H and O–H groups in total. The van der Waals surface area contributed by atoms with Crippen LogP contribution in [0.25, 0.3) is 0 Å². The van der Waals surface area contributed by atoms with Crippen molar-refractivity contribution in [2.24, 2.45) is 0 Å².